The molecule has 0 aliphatic rings. The Bertz CT molecular complexity index is 488. The van der Waals surface area contributed by atoms with E-state index in [0.29, 0.717) is 5.75 Å². The highest BCUT2D eigenvalue weighted by Gasteiger charge is 2.06. The number of aromatic hydroxyl groups is 1. The molecule has 0 radical (unpaired) electrons. The van der Waals surface area contributed by atoms with E-state index in [-0.39, 0.29) is 0 Å². The first kappa shape index (κ1) is 10.7. The van der Waals surface area contributed by atoms with Crippen molar-refractivity contribution in [2.24, 2.45) is 0 Å². The Morgan fingerprint density at radius 1 is 1.38 bits per heavy atom. The second kappa shape index (κ2) is 4.39. The van der Waals surface area contributed by atoms with Crippen molar-refractivity contribution in [1.82, 2.24) is 9.78 Å². The van der Waals surface area contributed by atoms with Gasteiger partial charge in [0.05, 0.1) is 6.20 Å². The summed E-state index contributed by atoms with van der Waals surface area (Å²) in [5.74, 6) is 0.307. The predicted molar refractivity (Wildman–Crippen MR) is 64.4 cm³/mol. The molecule has 0 amide bonds. The van der Waals surface area contributed by atoms with Crippen LogP contribution in [0.1, 0.15) is 18.9 Å². The fourth-order valence-corrected chi connectivity index (χ4v) is 1.74. The third-order valence-electron chi connectivity index (χ3n) is 2.55. The molecule has 1 heterocycles. The molecular weight excluding hydrogens is 200 g/mol. The highest BCUT2D eigenvalue weighted by molar-refractivity contribution is 5.69. The number of benzene rings is 1. The van der Waals surface area contributed by atoms with Gasteiger partial charge < -0.3 is 5.11 Å². The van der Waals surface area contributed by atoms with Gasteiger partial charge in [0.2, 0.25) is 0 Å². The van der Waals surface area contributed by atoms with Gasteiger partial charge in [0.15, 0.2) is 0 Å². The van der Waals surface area contributed by atoms with Crippen molar-refractivity contribution < 1.29 is 5.11 Å². The molecule has 1 aromatic heterocycles. The minimum atomic E-state index is 0.307. The lowest BCUT2D eigenvalue weighted by Gasteiger charge is -2.02. The first-order chi connectivity index (χ1) is 7.70. The second-order valence-corrected chi connectivity index (χ2v) is 4.01. The molecule has 2 rings (SSSR count). The molecule has 2 aromatic rings. The number of rotatable bonds is 3. The number of phenolic OH excluding ortho intramolecular Hbond substituents is 1. The van der Waals surface area contributed by atoms with Gasteiger partial charge in [-0.05, 0) is 25.5 Å². The molecule has 0 fully saturated rings. The van der Waals surface area contributed by atoms with Crippen LogP contribution in [0, 0.1) is 6.92 Å². The normalized spacial score (nSPS) is 10.6. The molecule has 1 N–H and O–H groups in total. The lowest BCUT2D eigenvalue weighted by molar-refractivity contribution is 0.477. The van der Waals surface area contributed by atoms with E-state index < -0.39 is 0 Å². The number of phenols is 1. The van der Waals surface area contributed by atoms with Crippen LogP contribution in [-0.2, 0) is 6.54 Å². The van der Waals surface area contributed by atoms with Crippen LogP contribution < -0.4 is 0 Å². The van der Waals surface area contributed by atoms with Crippen LogP contribution in [0.25, 0.3) is 11.1 Å². The van der Waals surface area contributed by atoms with Gasteiger partial charge in [-0.25, -0.2) is 0 Å². The number of hydrogen-bond acceptors (Lipinski definition) is 2. The van der Waals surface area contributed by atoms with E-state index in [1.165, 1.54) is 0 Å². The lowest BCUT2D eigenvalue weighted by Crippen LogP contribution is -1.95. The van der Waals surface area contributed by atoms with Gasteiger partial charge >= 0.3 is 0 Å². The van der Waals surface area contributed by atoms with Gasteiger partial charge in [-0.15, -0.1) is 0 Å². The summed E-state index contributed by atoms with van der Waals surface area (Å²) >= 11 is 0. The smallest absolute Gasteiger partial charge is 0.123 e. The van der Waals surface area contributed by atoms with Crippen LogP contribution in [0.5, 0.6) is 5.75 Å². The van der Waals surface area contributed by atoms with Crippen LogP contribution in [0.2, 0.25) is 0 Å². The molecule has 3 heteroatoms. The van der Waals surface area contributed by atoms with E-state index in [4.69, 9.17) is 0 Å². The molecule has 0 saturated heterocycles. The van der Waals surface area contributed by atoms with E-state index in [1.807, 2.05) is 29.9 Å². The van der Waals surface area contributed by atoms with Crippen LogP contribution in [0.15, 0.2) is 30.6 Å². The molecule has 0 bridgehead atoms. The Hall–Kier alpha value is -1.77. The average molecular weight is 216 g/mol. The lowest BCUT2D eigenvalue weighted by atomic mass is 10.1. The van der Waals surface area contributed by atoms with Crippen LogP contribution in [0.4, 0.5) is 0 Å². The number of nitrogens with zero attached hydrogens (tertiary/aromatic N) is 2. The van der Waals surface area contributed by atoms with E-state index >= 15 is 0 Å². The van der Waals surface area contributed by atoms with Crippen LogP contribution in [-0.4, -0.2) is 14.9 Å². The molecule has 3 nitrogen and oxygen atoms in total. The molecule has 0 spiro atoms. The molecule has 0 unspecified atom stereocenters. The van der Waals surface area contributed by atoms with Gasteiger partial charge in [0.1, 0.15) is 5.75 Å². The second-order valence-electron chi connectivity index (χ2n) is 4.01. The molecule has 16 heavy (non-hydrogen) atoms. The highest BCUT2D eigenvalue weighted by atomic mass is 16.3. The van der Waals surface area contributed by atoms with Crippen molar-refractivity contribution >= 4 is 0 Å². The van der Waals surface area contributed by atoms with E-state index in [1.54, 1.807) is 12.3 Å². The Labute approximate surface area is 95.3 Å². The summed E-state index contributed by atoms with van der Waals surface area (Å²) in [4.78, 5) is 0. The van der Waals surface area contributed by atoms with Gasteiger partial charge in [0, 0.05) is 23.9 Å². The zero-order valence-electron chi connectivity index (χ0n) is 9.64. The van der Waals surface area contributed by atoms with Crippen molar-refractivity contribution in [3.8, 4) is 16.9 Å². The Morgan fingerprint density at radius 2 is 2.19 bits per heavy atom. The van der Waals surface area contributed by atoms with E-state index in [0.717, 1.165) is 29.7 Å². The largest absolute Gasteiger partial charge is 0.507 e. The van der Waals surface area contributed by atoms with Gasteiger partial charge in [-0.1, -0.05) is 18.6 Å². The maximum atomic E-state index is 9.79. The summed E-state index contributed by atoms with van der Waals surface area (Å²) in [6.07, 6.45) is 4.82. The number of hydrogen-bond donors (Lipinski definition) is 1. The molecule has 1 aromatic carbocycles. The fourth-order valence-electron chi connectivity index (χ4n) is 1.74. The highest BCUT2D eigenvalue weighted by Crippen LogP contribution is 2.29. The van der Waals surface area contributed by atoms with E-state index in [2.05, 4.69) is 12.0 Å². The standard InChI is InChI=1S/C13H16N2O/c1-3-6-15-9-11(8-14-15)12-7-10(2)4-5-13(12)16/h4-5,7-9,16H,3,6H2,1-2H3. The summed E-state index contributed by atoms with van der Waals surface area (Å²) in [5.41, 5.74) is 2.95. The zero-order valence-corrected chi connectivity index (χ0v) is 9.64. The number of aromatic nitrogens is 2. The summed E-state index contributed by atoms with van der Waals surface area (Å²) in [6, 6.07) is 5.60. The average Bonchev–Trinajstić information content (AvgIpc) is 2.71. The minimum absolute atomic E-state index is 0.307. The van der Waals surface area contributed by atoms with Crippen LogP contribution >= 0.6 is 0 Å². The van der Waals surface area contributed by atoms with E-state index in [9.17, 15) is 5.11 Å². The Morgan fingerprint density at radius 3 is 2.94 bits per heavy atom. The SMILES string of the molecule is CCCn1cc(-c2cc(C)ccc2O)cn1. The Kier molecular flexibility index (Phi) is 2.95. The van der Waals surface area contributed by atoms with Gasteiger partial charge in [-0.2, -0.15) is 5.10 Å². The maximum absolute atomic E-state index is 9.79. The summed E-state index contributed by atoms with van der Waals surface area (Å²) in [5, 5.41) is 14.0. The molecule has 0 aliphatic carbocycles. The first-order valence-corrected chi connectivity index (χ1v) is 5.53. The fraction of sp³-hybridized carbons (Fsp3) is 0.308. The topological polar surface area (TPSA) is 38.0 Å². The third-order valence-corrected chi connectivity index (χ3v) is 2.55. The van der Waals surface area contributed by atoms with Crippen LogP contribution in [0.3, 0.4) is 0 Å². The predicted octanol–water partition coefficient (Wildman–Crippen LogP) is 2.97. The van der Waals surface area contributed by atoms with Gasteiger partial charge in [0.25, 0.3) is 0 Å². The first-order valence-electron chi connectivity index (χ1n) is 5.53. The van der Waals surface area contributed by atoms with Crippen molar-refractivity contribution in [1.29, 1.82) is 0 Å². The third kappa shape index (κ3) is 2.08. The van der Waals surface area contributed by atoms with Crippen molar-refractivity contribution in [2.45, 2.75) is 26.8 Å². The molecule has 0 saturated carbocycles. The maximum Gasteiger partial charge on any atom is 0.123 e. The minimum Gasteiger partial charge on any atom is -0.507 e. The van der Waals surface area contributed by atoms with Gasteiger partial charge in [-0.3, -0.25) is 4.68 Å². The molecular formula is C13H16N2O. The number of aryl methyl sites for hydroxylation is 2. The monoisotopic (exact) mass is 216 g/mol. The van der Waals surface area contributed by atoms with Crippen molar-refractivity contribution in [2.75, 3.05) is 0 Å². The summed E-state index contributed by atoms with van der Waals surface area (Å²) in [6.45, 7) is 5.04. The quantitative estimate of drug-likeness (QED) is 0.856. The molecule has 0 atom stereocenters. The zero-order chi connectivity index (χ0) is 11.5. The molecule has 0 aliphatic heterocycles. The van der Waals surface area contributed by atoms with Crippen molar-refractivity contribution in [3.05, 3.63) is 36.2 Å². The Balaban J connectivity index is 2.38. The van der Waals surface area contributed by atoms with Crippen molar-refractivity contribution in [3.63, 3.8) is 0 Å². The summed E-state index contributed by atoms with van der Waals surface area (Å²) < 4.78 is 1.90. The molecule has 84 valence electrons. The summed E-state index contributed by atoms with van der Waals surface area (Å²) in [7, 11) is 0.